The molecule has 3 aromatic rings. The zero-order valence-corrected chi connectivity index (χ0v) is 21.4. The van der Waals surface area contributed by atoms with E-state index < -0.39 is 11.9 Å². The van der Waals surface area contributed by atoms with Crippen molar-refractivity contribution < 1.29 is 23.5 Å². The summed E-state index contributed by atoms with van der Waals surface area (Å²) >= 11 is 6.75. The van der Waals surface area contributed by atoms with Crippen molar-refractivity contribution in [2.45, 2.75) is 26.2 Å². The van der Waals surface area contributed by atoms with Crippen molar-refractivity contribution in [2.75, 3.05) is 6.61 Å². The molecule has 0 saturated carbocycles. The zero-order valence-electron chi connectivity index (χ0n) is 18.2. The molecule has 172 valence electrons. The standard InChI is InChI=1S/C24H22Br2N2O5/c1-24(2,3)16-6-8-18(9-7-16)32-14-21(29)28-27-13-15-11-17(25)12-19(26)22(15)33-23(30)20-5-4-10-31-20/h4-13H,14H2,1-3H3,(H,28,29)/b27-13-. The van der Waals surface area contributed by atoms with E-state index in [0.29, 0.717) is 15.8 Å². The van der Waals surface area contributed by atoms with Crippen molar-refractivity contribution in [3.63, 3.8) is 0 Å². The maximum atomic E-state index is 12.3. The van der Waals surface area contributed by atoms with E-state index in [9.17, 15) is 9.59 Å². The van der Waals surface area contributed by atoms with Gasteiger partial charge in [0.1, 0.15) is 5.75 Å². The van der Waals surface area contributed by atoms with E-state index in [1.54, 1.807) is 18.2 Å². The maximum Gasteiger partial charge on any atom is 0.379 e. The highest BCUT2D eigenvalue weighted by molar-refractivity contribution is 9.11. The second-order valence-electron chi connectivity index (χ2n) is 8.03. The summed E-state index contributed by atoms with van der Waals surface area (Å²) in [6.07, 6.45) is 2.75. The molecule has 0 aliphatic rings. The predicted molar refractivity (Wildman–Crippen MR) is 132 cm³/mol. The molecular weight excluding hydrogens is 556 g/mol. The second kappa shape index (κ2) is 10.8. The lowest BCUT2D eigenvalue weighted by Gasteiger charge is -2.19. The third kappa shape index (κ3) is 7.03. The molecule has 0 aliphatic heterocycles. The van der Waals surface area contributed by atoms with E-state index in [-0.39, 0.29) is 23.5 Å². The average Bonchev–Trinajstić information content (AvgIpc) is 3.29. The molecule has 0 atom stereocenters. The van der Waals surface area contributed by atoms with Crippen LogP contribution in [0.15, 0.2) is 73.3 Å². The van der Waals surface area contributed by atoms with Gasteiger partial charge in [0, 0.05) is 10.0 Å². The molecule has 0 aliphatic carbocycles. The van der Waals surface area contributed by atoms with Crippen LogP contribution in [0.5, 0.6) is 11.5 Å². The van der Waals surface area contributed by atoms with E-state index in [1.165, 1.54) is 24.1 Å². The van der Waals surface area contributed by atoms with Crippen molar-refractivity contribution >= 4 is 50.0 Å². The SMILES string of the molecule is CC(C)(C)c1ccc(OCC(=O)N/N=C\c2cc(Br)cc(Br)c2OC(=O)c2ccco2)cc1. The largest absolute Gasteiger partial charge is 0.484 e. The molecule has 0 saturated heterocycles. The van der Waals surface area contributed by atoms with Crippen LogP contribution >= 0.6 is 31.9 Å². The molecule has 0 fully saturated rings. The minimum atomic E-state index is -0.660. The lowest BCUT2D eigenvalue weighted by atomic mass is 9.87. The lowest BCUT2D eigenvalue weighted by molar-refractivity contribution is -0.123. The first-order valence-corrected chi connectivity index (χ1v) is 11.5. The summed E-state index contributed by atoms with van der Waals surface area (Å²) in [5, 5.41) is 3.95. The maximum absolute atomic E-state index is 12.3. The van der Waals surface area contributed by atoms with Crippen molar-refractivity contribution in [1.29, 1.82) is 0 Å². The van der Waals surface area contributed by atoms with E-state index in [1.807, 2.05) is 24.3 Å². The molecule has 7 nitrogen and oxygen atoms in total. The first kappa shape index (κ1) is 24.7. The number of halogens is 2. The van der Waals surface area contributed by atoms with Crippen LogP contribution in [-0.4, -0.2) is 24.7 Å². The van der Waals surface area contributed by atoms with Gasteiger partial charge in [0.15, 0.2) is 12.4 Å². The van der Waals surface area contributed by atoms with E-state index in [4.69, 9.17) is 13.9 Å². The number of hydrogen-bond acceptors (Lipinski definition) is 6. The first-order valence-electron chi connectivity index (χ1n) is 9.93. The fraction of sp³-hybridized carbons (Fsp3) is 0.208. The van der Waals surface area contributed by atoms with Gasteiger partial charge in [-0.2, -0.15) is 5.10 Å². The number of nitrogens with zero attached hydrogens (tertiary/aromatic N) is 1. The predicted octanol–water partition coefficient (Wildman–Crippen LogP) is 5.85. The van der Waals surface area contributed by atoms with E-state index >= 15 is 0 Å². The summed E-state index contributed by atoms with van der Waals surface area (Å²) in [6.45, 7) is 6.18. The molecular formula is C24H22Br2N2O5. The number of benzene rings is 2. The molecule has 0 bridgehead atoms. The highest BCUT2D eigenvalue weighted by Crippen LogP contribution is 2.32. The van der Waals surface area contributed by atoms with Gasteiger partial charge in [-0.25, -0.2) is 10.2 Å². The van der Waals surface area contributed by atoms with Crippen LogP contribution in [0.4, 0.5) is 0 Å². The van der Waals surface area contributed by atoms with Gasteiger partial charge in [0.05, 0.1) is 17.0 Å². The Hall–Kier alpha value is -2.91. The Morgan fingerprint density at radius 3 is 2.48 bits per heavy atom. The third-order valence-corrected chi connectivity index (χ3v) is 5.48. The van der Waals surface area contributed by atoms with Crippen molar-refractivity contribution in [2.24, 2.45) is 5.10 Å². The van der Waals surface area contributed by atoms with Crippen molar-refractivity contribution in [3.05, 3.63) is 80.6 Å². The quantitative estimate of drug-likeness (QED) is 0.165. The van der Waals surface area contributed by atoms with Crippen molar-refractivity contribution in [3.8, 4) is 11.5 Å². The summed E-state index contributed by atoms with van der Waals surface area (Å²) in [5.41, 5.74) is 4.07. The molecule has 1 heterocycles. The van der Waals surface area contributed by atoms with Crippen LogP contribution in [0.2, 0.25) is 0 Å². The summed E-state index contributed by atoms with van der Waals surface area (Å²) in [4.78, 5) is 24.4. The van der Waals surface area contributed by atoms with Crippen LogP contribution in [0.3, 0.4) is 0 Å². The van der Waals surface area contributed by atoms with E-state index in [0.717, 1.165) is 4.47 Å². The summed E-state index contributed by atoms with van der Waals surface area (Å²) in [5.74, 6) is -0.214. The molecule has 1 aromatic heterocycles. The summed E-state index contributed by atoms with van der Waals surface area (Å²) < 4.78 is 17.3. The van der Waals surface area contributed by atoms with Gasteiger partial charge in [-0.1, -0.05) is 48.8 Å². The normalized spacial score (nSPS) is 11.4. The number of furan rings is 1. The minimum absolute atomic E-state index is 0.0389. The van der Waals surface area contributed by atoms with Crippen molar-refractivity contribution in [1.82, 2.24) is 5.43 Å². The summed E-state index contributed by atoms with van der Waals surface area (Å²) in [7, 11) is 0. The molecule has 1 N–H and O–H groups in total. The molecule has 3 rings (SSSR count). The fourth-order valence-electron chi connectivity index (χ4n) is 2.73. The fourth-order valence-corrected chi connectivity index (χ4v) is 4.07. The Morgan fingerprint density at radius 1 is 1.12 bits per heavy atom. The Kier molecular flexibility index (Phi) is 8.10. The number of amides is 1. The monoisotopic (exact) mass is 576 g/mol. The lowest BCUT2D eigenvalue weighted by Crippen LogP contribution is -2.24. The number of ether oxygens (including phenoxy) is 2. The van der Waals surface area contributed by atoms with Gasteiger partial charge >= 0.3 is 5.97 Å². The first-order chi connectivity index (χ1) is 15.6. The van der Waals surface area contributed by atoms with Crippen LogP contribution in [0.1, 0.15) is 42.5 Å². The molecule has 33 heavy (non-hydrogen) atoms. The van der Waals surface area contributed by atoms with Crippen LogP contribution in [-0.2, 0) is 10.2 Å². The average molecular weight is 578 g/mol. The molecule has 9 heteroatoms. The van der Waals surface area contributed by atoms with Gasteiger partial charge in [0.25, 0.3) is 5.91 Å². The summed E-state index contributed by atoms with van der Waals surface area (Å²) in [6, 6.07) is 14.1. The molecule has 0 unspecified atom stereocenters. The second-order valence-corrected chi connectivity index (χ2v) is 9.80. The Balaban J connectivity index is 1.61. The number of carbonyl (C=O) groups is 2. The Labute approximate surface area is 208 Å². The highest BCUT2D eigenvalue weighted by Gasteiger charge is 2.17. The van der Waals surface area contributed by atoms with Crippen LogP contribution in [0, 0.1) is 0 Å². The van der Waals surface area contributed by atoms with Gasteiger partial charge in [-0.05, 0) is 63.3 Å². The number of hydrogen-bond donors (Lipinski definition) is 1. The van der Waals surface area contributed by atoms with Gasteiger partial charge in [0.2, 0.25) is 5.76 Å². The number of esters is 1. The number of rotatable bonds is 7. The third-order valence-electron chi connectivity index (χ3n) is 4.44. The minimum Gasteiger partial charge on any atom is -0.484 e. The molecule has 0 radical (unpaired) electrons. The highest BCUT2D eigenvalue weighted by atomic mass is 79.9. The Bertz CT molecular complexity index is 1150. The van der Waals surface area contributed by atoms with E-state index in [2.05, 4.69) is 63.2 Å². The number of hydrazone groups is 1. The molecule has 1 amide bonds. The van der Waals surface area contributed by atoms with Gasteiger partial charge in [-0.3, -0.25) is 4.79 Å². The Morgan fingerprint density at radius 2 is 1.85 bits per heavy atom. The zero-order chi connectivity index (χ0) is 24.0. The van der Waals surface area contributed by atoms with Gasteiger partial charge < -0.3 is 13.9 Å². The smallest absolute Gasteiger partial charge is 0.379 e. The number of nitrogens with one attached hydrogen (secondary N) is 1. The molecule has 2 aromatic carbocycles. The molecule has 0 spiro atoms. The van der Waals surface area contributed by atoms with Gasteiger partial charge in [-0.15, -0.1) is 0 Å². The number of carbonyl (C=O) groups excluding carboxylic acids is 2. The topological polar surface area (TPSA) is 90.1 Å². The van der Waals surface area contributed by atoms with Crippen LogP contribution in [0.25, 0.3) is 0 Å². The van der Waals surface area contributed by atoms with Crippen LogP contribution < -0.4 is 14.9 Å².